The van der Waals surface area contributed by atoms with Crippen LogP contribution in [-0.4, -0.2) is 55.9 Å². The summed E-state index contributed by atoms with van der Waals surface area (Å²) in [7, 11) is 2.10. The smallest absolute Gasteiger partial charge is 0.137 e. The molecule has 5 heterocycles. The molecule has 0 amide bonds. The molecule has 0 aromatic carbocycles. The zero-order valence-corrected chi connectivity index (χ0v) is 16.2. The largest absolute Gasteiger partial charge is 0.392 e. The van der Waals surface area contributed by atoms with Gasteiger partial charge in [0.2, 0.25) is 0 Å². The van der Waals surface area contributed by atoms with Crippen molar-refractivity contribution in [3.63, 3.8) is 0 Å². The molecular weight excluding hydrogens is 366 g/mol. The number of pyridine rings is 2. The summed E-state index contributed by atoms with van der Waals surface area (Å²) >= 11 is 0. The minimum absolute atomic E-state index is 0.0623. The lowest BCUT2D eigenvalue weighted by Crippen LogP contribution is -2.33. The topological polar surface area (TPSA) is 94.4 Å². The number of hydrogen-bond acceptors (Lipinski definition) is 6. The Hall–Kier alpha value is -3.23. The fourth-order valence-electron chi connectivity index (χ4n) is 3.96. The van der Waals surface area contributed by atoms with E-state index in [1.165, 1.54) is 0 Å². The number of fused-ring (bicyclic) bond motifs is 1. The van der Waals surface area contributed by atoms with Crippen molar-refractivity contribution in [1.29, 1.82) is 0 Å². The van der Waals surface area contributed by atoms with Crippen LogP contribution in [0, 0.1) is 0 Å². The van der Waals surface area contributed by atoms with Gasteiger partial charge in [0.1, 0.15) is 11.5 Å². The predicted octanol–water partition coefficient (Wildman–Crippen LogP) is 2.08. The molecule has 5 rings (SSSR count). The van der Waals surface area contributed by atoms with E-state index in [1.807, 2.05) is 47.3 Å². The van der Waals surface area contributed by atoms with Crippen molar-refractivity contribution >= 4 is 11.5 Å². The second-order valence-electron chi connectivity index (χ2n) is 7.37. The van der Waals surface area contributed by atoms with Crippen molar-refractivity contribution in [1.82, 2.24) is 29.9 Å². The van der Waals surface area contributed by atoms with E-state index in [9.17, 15) is 5.11 Å². The van der Waals surface area contributed by atoms with Crippen LogP contribution < -0.4 is 10.2 Å². The molecule has 1 aliphatic heterocycles. The van der Waals surface area contributed by atoms with Crippen molar-refractivity contribution in [2.75, 3.05) is 25.0 Å². The summed E-state index contributed by atoms with van der Waals surface area (Å²) in [5.41, 5.74) is 5.20. The summed E-state index contributed by atoms with van der Waals surface area (Å²) < 4.78 is 2.02. The van der Waals surface area contributed by atoms with Crippen molar-refractivity contribution in [2.24, 2.45) is 0 Å². The van der Waals surface area contributed by atoms with Crippen LogP contribution in [0.15, 0.2) is 49.1 Å². The molecular formula is C21H23N7O. The molecule has 0 bridgehead atoms. The van der Waals surface area contributed by atoms with Crippen LogP contribution in [0.4, 0.5) is 5.82 Å². The molecule has 0 saturated carbocycles. The number of H-pyrrole nitrogens is 1. The number of likely N-dealkylation sites (N-methyl/N-ethyl adjacent to an activating group) is 1. The number of anilines is 1. The Morgan fingerprint density at radius 3 is 3.00 bits per heavy atom. The van der Waals surface area contributed by atoms with Gasteiger partial charge in [0.15, 0.2) is 0 Å². The fourth-order valence-corrected chi connectivity index (χ4v) is 3.96. The van der Waals surface area contributed by atoms with Crippen LogP contribution in [0.1, 0.15) is 12.0 Å². The number of aromatic amines is 1. The quantitative estimate of drug-likeness (QED) is 0.484. The summed E-state index contributed by atoms with van der Waals surface area (Å²) in [4.78, 5) is 11.7. The summed E-state index contributed by atoms with van der Waals surface area (Å²) in [5.74, 6) is 0.952. The van der Waals surface area contributed by atoms with Crippen molar-refractivity contribution in [3.8, 4) is 22.5 Å². The summed E-state index contributed by atoms with van der Waals surface area (Å²) in [6.45, 7) is 1.97. The van der Waals surface area contributed by atoms with Crippen LogP contribution in [0.3, 0.4) is 0 Å². The molecule has 1 atom stereocenters. The molecule has 1 aliphatic rings. The molecule has 8 heteroatoms. The molecule has 0 spiro atoms. The summed E-state index contributed by atoms with van der Waals surface area (Å²) in [6.07, 6.45) is 8.52. The Kier molecular flexibility index (Phi) is 4.49. The standard InChI is InChI=1S/C21H23N7O/c1-27(16-5-6-22-10-16)20-4-2-3-18(26-20)19-11-23-21-7-14(13-29)17(12-28(19)21)15-8-24-25-9-15/h2-4,7-9,11-12,16,22,29H,5-6,10,13H2,1H3,(H,24,25). The Morgan fingerprint density at radius 2 is 2.24 bits per heavy atom. The van der Waals surface area contributed by atoms with E-state index in [4.69, 9.17) is 4.98 Å². The van der Waals surface area contributed by atoms with E-state index in [-0.39, 0.29) is 6.61 Å². The first-order valence-electron chi connectivity index (χ1n) is 9.75. The molecule has 8 nitrogen and oxygen atoms in total. The number of hydrogen-bond donors (Lipinski definition) is 3. The number of aromatic nitrogens is 5. The maximum atomic E-state index is 9.81. The highest BCUT2D eigenvalue weighted by atomic mass is 16.3. The van der Waals surface area contributed by atoms with Crippen LogP contribution in [0.5, 0.6) is 0 Å². The van der Waals surface area contributed by atoms with Crippen molar-refractivity contribution < 1.29 is 5.11 Å². The number of aliphatic hydroxyl groups is 1. The molecule has 4 aromatic heterocycles. The fraction of sp³-hybridized carbons (Fsp3) is 0.286. The maximum Gasteiger partial charge on any atom is 0.137 e. The van der Waals surface area contributed by atoms with Crippen molar-refractivity contribution in [3.05, 3.63) is 54.6 Å². The van der Waals surface area contributed by atoms with E-state index < -0.39 is 0 Å². The summed E-state index contributed by atoms with van der Waals surface area (Å²) in [6, 6.07) is 8.46. The van der Waals surface area contributed by atoms with Gasteiger partial charge in [-0.05, 0) is 36.7 Å². The predicted molar refractivity (Wildman–Crippen MR) is 112 cm³/mol. The molecule has 0 radical (unpaired) electrons. The second-order valence-corrected chi connectivity index (χ2v) is 7.37. The molecule has 1 fully saturated rings. The minimum Gasteiger partial charge on any atom is -0.392 e. The third kappa shape index (κ3) is 3.16. The average molecular weight is 389 g/mol. The van der Waals surface area contributed by atoms with Gasteiger partial charge in [0.05, 0.1) is 30.4 Å². The van der Waals surface area contributed by atoms with E-state index >= 15 is 0 Å². The lowest BCUT2D eigenvalue weighted by molar-refractivity contribution is 0.282. The Morgan fingerprint density at radius 1 is 1.31 bits per heavy atom. The molecule has 1 unspecified atom stereocenters. The van der Waals surface area contributed by atoms with Gasteiger partial charge in [-0.25, -0.2) is 9.97 Å². The highest BCUT2D eigenvalue weighted by Gasteiger charge is 2.21. The number of imidazole rings is 1. The van der Waals surface area contributed by atoms with Gasteiger partial charge in [-0.1, -0.05) is 6.07 Å². The first kappa shape index (κ1) is 17.8. The normalized spacial score (nSPS) is 16.6. The lowest BCUT2D eigenvalue weighted by atomic mass is 10.1. The number of rotatable bonds is 5. The van der Waals surface area contributed by atoms with Gasteiger partial charge in [0.25, 0.3) is 0 Å². The summed E-state index contributed by atoms with van der Waals surface area (Å²) in [5, 5.41) is 20.1. The second kappa shape index (κ2) is 7.31. The lowest BCUT2D eigenvalue weighted by Gasteiger charge is -2.25. The Balaban J connectivity index is 1.59. The van der Waals surface area contributed by atoms with Crippen molar-refractivity contribution in [2.45, 2.75) is 19.1 Å². The molecule has 1 saturated heterocycles. The van der Waals surface area contributed by atoms with Crippen LogP contribution >= 0.6 is 0 Å². The van der Waals surface area contributed by atoms with Gasteiger partial charge in [-0.15, -0.1) is 0 Å². The molecule has 3 N–H and O–H groups in total. The SMILES string of the molecule is CN(c1cccc(-c2cnc3cc(CO)c(-c4cn[nH]c4)cn23)n1)C1CCNC1. The zero-order chi connectivity index (χ0) is 19.8. The monoisotopic (exact) mass is 389 g/mol. The Bertz CT molecular complexity index is 1130. The first-order chi connectivity index (χ1) is 14.2. The van der Waals surface area contributed by atoms with Crippen LogP contribution in [-0.2, 0) is 6.61 Å². The third-order valence-corrected chi connectivity index (χ3v) is 5.65. The van der Waals surface area contributed by atoms with Crippen LogP contribution in [0.25, 0.3) is 28.2 Å². The number of aliphatic hydroxyl groups excluding tert-OH is 1. The molecule has 29 heavy (non-hydrogen) atoms. The van der Waals surface area contributed by atoms with Gasteiger partial charge >= 0.3 is 0 Å². The number of nitrogens with one attached hydrogen (secondary N) is 2. The molecule has 148 valence electrons. The Labute approximate surface area is 168 Å². The van der Waals surface area contributed by atoms with E-state index in [0.29, 0.717) is 6.04 Å². The van der Waals surface area contributed by atoms with Gasteiger partial charge in [-0.2, -0.15) is 5.10 Å². The maximum absolute atomic E-state index is 9.81. The van der Waals surface area contributed by atoms with Gasteiger partial charge < -0.3 is 15.3 Å². The highest BCUT2D eigenvalue weighted by Crippen LogP contribution is 2.28. The zero-order valence-electron chi connectivity index (χ0n) is 16.2. The van der Waals surface area contributed by atoms with Crippen LogP contribution in [0.2, 0.25) is 0 Å². The highest BCUT2D eigenvalue weighted by molar-refractivity contribution is 5.71. The van der Waals surface area contributed by atoms with E-state index in [2.05, 4.69) is 32.4 Å². The third-order valence-electron chi connectivity index (χ3n) is 5.65. The average Bonchev–Trinajstić information content (AvgIpc) is 3.53. The van der Waals surface area contributed by atoms with Gasteiger partial charge in [-0.3, -0.25) is 9.50 Å². The van der Waals surface area contributed by atoms with Gasteiger partial charge in [0, 0.05) is 43.2 Å². The first-order valence-corrected chi connectivity index (χ1v) is 9.75. The number of nitrogens with zero attached hydrogens (tertiary/aromatic N) is 5. The molecule has 4 aromatic rings. The van der Waals surface area contributed by atoms with E-state index in [1.54, 1.807) is 6.20 Å². The minimum atomic E-state index is -0.0623. The molecule has 0 aliphatic carbocycles. The van der Waals surface area contributed by atoms with E-state index in [0.717, 1.165) is 59.1 Å².